The number of alkyl halides is 3. The Morgan fingerprint density at radius 1 is 1.14 bits per heavy atom. The Labute approximate surface area is 215 Å². The summed E-state index contributed by atoms with van der Waals surface area (Å²) in [5.74, 6) is 0.341. The molecule has 0 aliphatic rings. The van der Waals surface area contributed by atoms with E-state index in [0.29, 0.717) is 16.8 Å². The fourth-order valence-corrected chi connectivity index (χ4v) is 3.75. The number of aromatic nitrogens is 6. The van der Waals surface area contributed by atoms with E-state index in [9.17, 15) is 18.0 Å². The zero-order valence-corrected chi connectivity index (χ0v) is 21.5. The highest BCUT2D eigenvalue weighted by Gasteiger charge is 2.35. The highest BCUT2D eigenvalue weighted by molar-refractivity contribution is 6.28. The van der Waals surface area contributed by atoms with Gasteiger partial charge in [-0.25, -0.2) is 19.3 Å². The molecule has 0 fully saturated rings. The molecule has 0 radical (unpaired) electrons. The number of ether oxygens (including phenoxy) is 1. The van der Waals surface area contributed by atoms with Crippen molar-refractivity contribution in [3.8, 4) is 11.4 Å². The number of imidazole rings is 2. The van der Waals surface area contributed by atoms with Crippen molar-refractivity contribution in [1.82, 2.24) is 29.1 Å². The molecule has 1 aromatic carbocycles. The van der Waals surface area contributed by atoms with E-state index < -0.39 is 23.6 Å². The van der Waals surface area contributed by atoms with Gasteiger partial charge in [-0.15, -0.1) is 5.10 Å². The third kappa shape index (κ3) is 5.85. The molecular weight excluding hydrogens is 511 g/mol. The maximum absolute atomic E-state index is 13.3. The van der Waals surface area contributed by atoms with Crippen molar-refractivity contribution in [2.45, 2.75) is 59.0 Å². The van der Waals surface area contributed by atoms with Gasteiger partial charge in [-0.3, -0.25) is 4.90 Å². The molecule has 0 bridgehead atoms. The van der Waals surface area contributed by atoms with Crippen LogP contribution in [0.1, 0.15) is 51.9 Å². The third-order valence-corrected chi connectivity index (χ3v) is 5.37. The molecule has 0 saturated carbocycles. The molecule has 1 amide bonds. The Hall–Kier alpha value is -3.67. The number of fused-ring (bicyclic) bond motifs is 1. The van der Waals surface area contributed by atoms with Gasteiger partial charge in [-0.1, -0.05) is 24.3 Å². The van der Waals surface area contributed by atoms with Gasteiger partial charge in [0.05, 0.1) is 6.54 Å². The van der Waals surface area contributed by atoms with Crippen molar-refractivity contribution in [1.29, 1.82) is 0 Å². The maximum Gasteiger partial charge on any atom is 0.434 e. The fraction of sp³-hybridized carbons (Fsp3) is 0.375. The van der Waals surface area contributed by atoms with E-state index in [2.05, 4.69) is 20.1 Å². The molecule has 0 N–H and O–H groups in total. The molecule has 0 atom stereocenters. The first-order valence-corrected chi connectivity index (χ1v) is 11.7. The van der Waals surface area contributed by atoms with Crippen LogP contribution in [0.25, 0.3) is 17.0 Å². The molecule has 196 valence electrons. The normalized spacial score (nSPS) is 12.4. The number of nitrogens with zero attached hydrogens (tertiary/aromatic N) is 7. The number of anilines is 1. The molecule has 4 aromatic rings. The van der Waals surface area contributed by atoms with Crippen molar-refractivity contribution in [2.75, 3.05) is 4.90 Å². The van der Waals surface area contributed by atoms with Crippen LogP contribution in [-0.4, -0.2) is 40.8 Å². The number of amides is 1. The SMILES string of the molecule is CC(C)n1cc(C(F)(F)F)nc1-c1ccc(CN(C(=O)OC(C)(C)C)c2nc(Cl)nn3ccnc23)cc1. The van der Waals surface area contributed by atoms with Crippen LogP contribution in [0, 0.1) is 0 Å². The molecular formula is C24H25ClF3N7O2. The minimum absolute atomic E-state index is 0.0253. The Morgan fingerprint density at radius 3 is 2.41 bits per heavy atom. The second-order valence-corrected chi connectivity index (χ2v) is 9.95. The zero-order chi connectivity index (χ0) is 27.1. The molecule has 0 unspecified atom stereocenters. The van der Waals surface area contributed by atoms with E-state index in [1.54, 1.807) is 65.1 Å². The van der Waals surface area contributed by atoms with Crippen molar-refractivity contribution >= 4 is 29.2 Å². The second kappa shape index (κ2) is 9.66. The van der Waals surface area contributed by atoms with Crippen LogP contribution < -0.4 is 4.90 Å². The predicted molar refractivity (Wildman–Crippen MR) is 131 cm³/mol. The molecule has 0 spiro atoms. The van der Waals surface area contributed by atoms with Crippen LogP contribution in [0.3, 0.4) is 0 Å². The first-order chi connectivity index (χ1) is 17.2. The Bertz CT molecular complexity index is 1420. The average Bonchev–Trinajstić information content (AvgIpc) is 3.43. The molecule has 0 aliphatic carbocycles. The lowest BCUT2D eigenvalue weighted by Gasteiger charge is -2.27. The van der Waals surface area contributed by atoms with Crippen LogP contribution in [-0.2, 0) is 17.5 Å². The lowest BCUT2D eigenvalue weighted by molar-refractivity contribution is -0.140. The van der Waals surface area contributed by atoms with Crippen LogP contribution in [0.4, 0.5) is 23.8 Å². The minimum Gasteiger partial charge on any atom is -0.443 e. The molecule has 9 nitrogen and oxygen atoms in total. The highest BCUT2D eigenvalue weighted by atomic mass is 35.5. The Morgan fingerprint density at radius 2 is 1.81 bits per heavy atom. The maximum atomic E-state index is 13.3. The van der Waals surface area contributed by atoms with E-state index in [4.69, 9.17) is 16.3 Å². The lowest BCUT2D eigenvalue weighted by atomic mass is 10.1. The molecule has 3 aromatic heterocycles. The molecule has 3 heterocycles. The summed E-state index contributed by atoms with van der Waals surface area (Å²) >= 11 is 6.09. The van der Waals surface area contributed by atoms with Gasteiger partial charge in [-0.05, 0) is 51.8 Å². The van der Waals surface area contributed by atoms with Crippen LogP contribution in [0.2, 0.25) is 5.28 Å². The number of halogens is 4. The molecule has 4 rings (SSSR count). The van der Waals surface area contributed by atoms with E-state index in [1.165, 1.54) is 20.2 Å². The zero-order valence-electron chi connectivity index (χ0n) is 20.8. The van der Waals surface area contributed by atoms with Gasteiger partial charge in [-0.2, -0.15) is 18.2 Å². The summed E-state index contributed by atoms with van der Waals surface area (Å²) in [6.45, 7) is 8.80. The Balaban J connectivity index is 1.70. The minimum atomic E-state index is -4.56. The summed E-state index contributed by atoms with van der Waals surface area (Å²) in [5, 5.41) is 3.95. The number of carbonyl (C=O) groups is 1. The quantitative estimate of drug-likeness (QED) is 0.303. The number of carbonyl (C=O) groups excluding carboxylic acids is 1. The van der Waals surface area contributed by atoms with E-state index in [1.807, 2.05) is 0 Å². The highest BCUT2D eigenvalue weighted by Crippen LogP contribution is 2.33. The lowest BCUT2D eigenvalue weighted by Crippen LogP contribution is -2.37. The summed E-state index contributed by atoms with van der Waals surface area (Å²) in [7, 11) is 0. The van der Waals surface area contributed by atoms with Crippen molar-refractivity contribution in [2.24, 2.45) is 0 Å². The van der Waals surface area contributed by atoms with Gasteiger partial charge in [0.1, 0.15) is 11.4 Å². The van der Waals surface area contributed by atoms with Gasteiger partial charge in [0.15, 0.2) is 17.2 Å². The average molecular weight is 536 g/mol. The van der Waals surface area contributed by atoms with E-state index in [-0.39, 0.29) is 29.5 Å². The summed E-state index contributed by atoms with van der Waals surface area (Å²) in [6, 6.07) is 6.47. The number of benzene rings is 1. The van der Waals surface area contributed by atoms with Gasteiger partial charge in [0.2, 0.25) is 5.28 Å². The summed E-state index contributed by atoms with van der Waals surface area (Å²) in [6.07, 6.45) is -1.16. The van der Waals surface area contributed by atoms with Crippen molar-refractivity contribution in [3.05, 3.63) is 59.4 Å². The third-order valence-electron chi connectivity index (χ3n) is 5.21. The number of hydrogen-bond donors (Lipinski definition) is 0. The summed E-state index contributed by atoms with van der Waals surface area (Å²) < 4.78 is 48.3. The van der Waals surface area contributed by atoms with Crippen molar-refractivity contribution in [3.63, 3.8) is 0 Å². The van der Waals surface area contributed by atoms with E-state index in [0.717, 1.165) is 6.20 Å². The largest absolute Gasteiger partial charge is 0.443 e. The topological polar surface area (TPSA) is 90.4 Å². The fourth-order valence-electron chi connectivity index (χ4n) is 3.59. The first kappa shape index (κ1) is 26.4. The first-order valence-electron chi connectivity index (χ1n) is 11.4. The van der Waals surface area contributed by atoms with Crippen molar-refractivity contribution < 1.29 is 22.7 Å². The van der Waals surface area contributed by atoms with Gasteiger partial charge in [0, 0.05) is 30.2 Å². The summed E-state index contributed by atoms with van der Waals surface area (Å²) in [4.78, 5) is 26.8. The van der Waals surface area contributed by atoms with Gasteiger partial charge < -0.3 is 9.30 Å². The number of rotatable bonds is 5. The molecule has 13 heteroatoms. The number of hydrogen-bond acceptors (Lipinski definition) is 6. The molecule has 37 heavy (non-hydrogen) atoms. The Kier molecular flexibility index (Phi) is 6.89. The molecule has 0 aliphatic heterocycles. The molecule has 0 saturated heterocycles. The van der Waals surface area contributed by atoms with Gasteiger partial charge in [0.25, 0.3) is 0 Å². The van der Waals surface area contributed by atoms with Crippen LogP contribution >= 0.6 is 11.6 Å². The van der Waals surface area contributed by atoms with E-state index >= 15 is 0 Å². The predicted octanol–water partition coefficient (Wildman–Crippen LogP) is 6.18. The summed E-state index contributed by atoms with van der Waals surface area (Å²) in [5.41, 5.74) is -0.289. The smallest absolute Gasteiger partial charge is 0.434 e. The van der Waals surface area contributed by atoms with Gasteiger partial charge >= 0.3 is 12.3 Å². The second-order valence-electron chi connectivity index (χ2n) is 9.61. The monoisotopic (exact) mass is 535 g/mol. The standard InChI is InChI=1S/C24H25ClF3N7O2/c1-14(2)33-13-17(24(26,27)28)30-18(33)16-8-6-15(7-9-16)12-34(22(36)37-23(3,4)5)20-19-29-10-11-35(19)32-21(25)31-20/h6-11,13-14H,12H2,1-5H3. The van der Waals surface area contributed by atoms with Crippen LogP contribution in [0.5, 0.6) is 0 Å². The van der Waals surface area contributed by atoms with Crippen LogP contribution in [0.15, 0.2) is 42.9 Å².